The van der Waals surface area contributed by atoms with E-state index in [1.54, 1.807) is 10.4 Å². The van der Waals surface area contributed by atoms with Crippen LogP contribution in [0.15, 0.2) is 17.9 Å². The standard InChI is InChI=1S/C13H17NOS/c1-14-13(10-5-3-7-15-10)12-8-9-4-2-6-11(9)16-12/h5,8,13-14H,2-4,6-7H2,1H3. The van der Waals surface area contributed by atoms with Gasteiger partial charge in [0, 0.05) is 16.2 Å². The average molecular weight is 235 g/mol. The summed E-state index contributed by atoms with van der Waals surface area (Å²) >= 11 is 1.96. The molecule has 16 heavy (non-hydrogen) atoms. The first-order chi connectivity index (χ1) is 7.88. The third kappa shape index (κ3) is 1.68. The van der Waals surface area contributed by atoms with Crippen molar-refractivity contribution < 1.29 is 4.74 Å². The molecule has 1 unspecified atom stereocenters. The normalized spacial score (nSPS) is 20.4. The van der Waals surface area contributed by atoms with Crippen LogP contribution in [0.25, 0.3) is 0 Å². The molecule has 1 aliphatic heterocycles. The summed E-state index contributed by atoms with van der Waals surface area (Å²) in [4.78, 5) is 3.01. The molecule has 2 aliphatic rings. The molecule has 1 aromatic heterocycles. The van der Waals surface area contributed by atoms with Crippen molar-refractivity contribution in [3.8, 4) is 0 Å². The number of hydrogen-bond donors (Lipinski definition) is 1. The van der Waals surface area contributed by atoms with Gasteiger partial charge < -0.3 is 10.1 Å². The van der Waals surface area contributed by atoms with E-state index < -0.39 is 0 Å². The highest BCUT2D eigenvalue weighted by Gasteiger charge is 2.24. The fraction of sp³-hybridized carbons (Fsp3) is 0.538. The Bertz CT molecular complexity index is 400. The van der Waals surface area contributed by atoms with Crippen molar-refractivity contribution in [1.82, 2.24) is 5.32 Å². The molecule has 1 aliphatic carbocycles. The van der Waals surface area contributed by atoms with E-state index in [-0.39, 0.29) is 6.04 Å². The van der Waals surface area contributed by atoms with Gasteiger partial charge in [-0.2, -0.15) is 0 Å². The molecule has 0 fully saturated rings. The SMILES string of the molecule is CNC(C1=CCCO1)c1cc2c(s1)CCC2. The lowest BCUT2D eigenvalue weighted by Crippen LogP contribution is -2.17. The Hall–Kier alpha value is -0.800. The van der Waals surface area contributed by atoms with Gasteiger partial charge in [-0.05, 0) is 44.0 Å². The highest BCUT2D eigenvalue weighted by Crippen LogP contribution is 2.37. The van der Waals surface area contributed by atoms with Gasteiger partial charge in [0.15, 0.2) is 0 Å². The van der Waals surface area contributed by atoms with Gasteiger partial charge >= 0.3 is 0 Å². The molecule has 0 saturated heterocycles. The van der Waals surface area contributed by atoms with E-state index in [0.29, 0.717) is 0 Å². The molecule has 1 aromatic rings. The van der Waals surface area contributed by atoms with Crippen LogP contribution in [-0.2, 0) is 17.6 Å². The van der Waals surface area contributed by atoms with Gasteiger partial charge in [-0.1, -0.05) is 0 Å². The molecule has 0 aromatic carbocycles. The molecular weight excluding hydrogens is 218 g/mol. The molecular formula is C13H17NOS. The number of ether oxygens (including phenoxy) is 1. The number of nitrogens with one attached hydrogen (secondary N) is 1. The first-order valence-electron chi connectivity index (χ1n) is 6.00. The minimum atomic E-state index is 0.276. The van der Waals surface area contributed by atoms with Crippen LogP contribution in [0.1, 0.15) is 34.2 Å². The topological polar surface area (TPSA) is 21.3 Å². The van der Waals surface area contributed by atoms with Gasteiger partial charge in [-0.25, -0.2) is 0 Å². The van der Waals surface area contributed by atoms with Crippen LogP contribution >= 0.6 is 11.3 Å². The highest BCUT2D eigenvalue weighted by atomic mass is 32.1. The fourth-order valence-corrected chi connectivity index (χ4v) is 3.93. The molecule has 3 rings (SSSR count). The van der Waals surface area contributed by atoms with E-state index in [2.05, 4.69) is 17.5 Å². The Balaban J connectivity index is 1.88. The predicted octanol–water partition coefficient (Wildman–Crippen LogP) is 2.80. The second-order valence-corrected chi connectivity index (χ2v) is 5.58. The third-order valence-corrected chi connectivity index (χ3v) is 4.66. The van der Waals surface area contributed by atoms with E-state index >= 15 is 0 Å². The van der Waals surface area contributed by atoms with Crippen LogP contribution in [0.4, 0.5) is 0 Å². The molecule has 0 amide bonds. The van der Waals surface area contributed by atoms with Gasteiger partial charge in [0.25, 0.3) is 0 Å². The molecule has 0 bridgehead atoms. The first kappa shape index (κ1) is 10.4. The predicted molar refractivity (Wildman–Crippen MR) is 66.8 cm³/mol. The number of hydrogen-bond acceptors (Lipinski definition) is 3. The maximum absolute atomic E-state index is 5.67. The first-order valence-corrected chi connectivity index (χ1v) is 6.81. The summed E-state index contributed by atoms with van der Waals surface area (Å²) in [5.41, 5.74) is 1.57. The molecule has 3 heteroatoms. The zero-order valence-corrected chi connectivity index (χ0v) is 10.4. The lowest BCUT2D eigenvalue weighted by atomic mass is 10.1. The maximum Gasteiger partial charge on any atom is 0.114 e. The van der Waals surface area contributed by atoms with Gasteiger partial charge in [0.1, 0.15) is 5.76 Å². The Labute approximate surface area is 100 Å². The van der Waals surface area contributed by atoms with Gasteiger partial charge in [0.2, 0.25) is 0 Å². The monoisotopic (exact) mass is 235 g/mol. The summed E-state index contributed by atoms with van der Waals surface area (Å²) in [5.74, 6) is 1.11. The Kier molecular flexibility index (Phi) is 2.74. The Morgan fingerprint density at radius 2 is 2.38 bits per heavy atom. The molecule has 0 spiro atoms. The molecule has 1 N–H and O–H groups in total. The Morgan fingerprint density at radius 3 is 3.06 bits per heavy atom. The zero-order valence-electron chi connectivity index (χ0n) is 9.58. The lowest BCUT2D eigenvalue weighted by Gasteiger charge is -2.15. The quantitative estimate of drug-likeness (QED) is 0.870. The van der Waals surface area contributed by atoms with E-state index in [1.807, 2.05) is 18.4 Å². The van der Waals surface area contributed by atoms with Crippen LogP contribution in [-0.4, -0.2) is 13.7 Å². The number of thiophene rings is 1. The summed E-state index contributed by atoms with van der Waals surface area (Å²) in [6, 6.07) is 2.65. The van der Waals surface area contributed by atoms with Crippen LogP contribution in [0, 0.1) is 0 Å². The molecule has 0 radical (unpaired) electrons. The number of likely N-dealkylation sites (N-methyl/N-ethyl adjacent to an activating group) is 1. The Morgan fingerprint density at radius 1 is 1.44 bits per heavy atom. The van der Waals surface area contributed by atoms with Crippen molar-refractivity contribution >= 4 is 11.3 Å². The van der Waals surface area contributed by atoms with Crippen molar-refractivity contribution in [2.75, 3.05) is 13.7 Å². The maximum atomic E-state index is 5.67. The lowest BCUT2D eigenvalue weighted by molar-refractivity contribution is 0.219. The van der Waals surface area contributed by atoms with Crippen LogP contribution in [0.5, 0.6) is 0 Å². The highest BCUT2D eigenvalue weighted by molar-refractivity contribution is 7.12. The van der Waals surface area contributed by atoms with Gasteiger partial charge in [-0.3, -0.25) is 0 Å². The molecule has 86 valence electrons. The van der Waals surface area contributed by atoms with Crippen LogP contribution in [0.2, 0.25) is 0 Å². The van der Waals surface area contributed by atoms with E-state index in [9.17, 15) is 0 Å². The largest absolute Gasteiger partial charge is 0.496 e. The third-order valence-electron chi connectivity index (χ3n) is 3.36. The van der Waals surface area contributed by atoms with Crippen molar-refractivity contribution in [2.24, 2.45) is 0 Å². The molecule has 2 nitrogen and oxygen atoms in total. The number of aryl methyl sites for hydroxylation is 2. The van der Waals surface area contributed by atoms with E-state index in [1.165, 1.54) is 24.1 Å². The van der Waals surface area contributed by atoms with Crippen LogP contribution in [0.3, 0.4) is 0 Å². The second kappa shape index (κ2) is 4.22. The average Bonchev–Trinajstić information content (AvgIpc) is 2.91. The van der Waals surface area contributed by atoms with E-state index in [4.69, 9.17) is 4.74 Å². The van der Waals surface area contributed by atoms with Crippen molar-refractivity contribution in [3.05, 3.63) is 33.2 Å². The summed E-state index contributed by atoms with van der Waals surface area (Å²) in [6.45, 7) is 0.846. The molecule has 2 heterocycles. The van der Waals surface area contributed by atoms with Crippen LogP contribution < -0.4 is 5.32 Å². The summed E-state index contributed by atoms with van der Waals surface area (Å²) in [5, 5.41) is 3.37. The van der Waals surface area contributed by atoms with Crippen molar-refractivity contribution in [2.45, 2.75) is 31.7 Å². The van der Waals surface area contributed by atoms with Gasteiger partial charge in [0.05, 0.1) is 12.6 Å². The fourth-order valence-electron chi connectivity index (χ4n) is 2.56. The summed E-state index contributed by atoms with van der Waals surface area (Å²) in [6.07, 6.45) is 7.15. The minimum Gasteiger partial charge on any atom is -0.496 e. The number of fused-ring (bicyclic) bond motifs is 1. The molecule has 1 atom stereocenters. The molecule has 0 saturated carbocycles. The van der Waals surface area contributed by atoms with Gasteiger partial charge in [-0.15, -0.1) is 11.3 Å². The minimum absolute atomic E-state index is 0.276. The van der Waals surface area contributed by atoms with Crippen molar-refractivity contribution in [1.29, 1.82) is 0 Å². The zero-order chi connectivity index (χ0) is 11.0. The number of rotatable bonds is 3. The van der Waals surface area contributed by atoms with Crippen molar-refractivity contribution in [3.63, 3.8) is 0 Å². The smallest absolute Gasteiger partial charge is 0.114 e. The summed E-state index contributed by atoms with van der Waals surface area (Å²) < 4.78 is 5.67. The van der Waals surface area contributed by atoms with E-state index in [0.717, 1.165) is 18.8 Å². The second-order valence-electron chi connectivity index (χ2n) is 4.42. The summed E-state index contributed by atoms with van der Waals surface area (Å²) in [7, 11) is 2.01.